The highest BCUT2D eigenvalue weighted by atomic mass is 19.1. The van der Waals surface area contributed by atoms with E-state index in [1.165, 1.54) is 6.07 Å². The van der Waals surface area contributed by atoms with Crippen LogP contribution >= 0.6 is 0 Å². The van der Waals surface area contributed by atoms with E-state index in [1.54, 1.807) is 6.07 Å². The average Bonchev–Trinajstić information content (AvgIpc) is 2.13. The number of benzene rings is 1. The van der Waals surface area contributed by atoms with Gasteiger partial charge in [-0.25, -0.2) is 4.39 Å². The van der Waals surface area contributed by atoms with Gasteiger partial charge in [0.05, 0.1) is 0 Å². The third-order valence-corrected chi connectivity index (χ3v) is 2.40. The van der Waals surface area contributed by atoms with Gasteiger partial charge in [0.1, 0.15) is 11.6 Å². The van der Waals surface area contributed by atoms with Gasteiger partial charge in [0.25, 0.3) is 0 Å². The van der Waals surface area contributed by atoms with Crippen molar-refractivity contribution in [2.24, 2.45) is 5.41 Å². The van der Waals surface area contributed by atoms with Crippen LogP contribution in [0.15, 0.2) is 18.2 Å². The van der Waals surface area contributed by atoms with Crippen molar-refractivity contribution in [3.05, 3.63) is 29.6 Å². The van der Waals surface area contributed by atoms with Gasteiger partial charge in [0, 0.05) is 24.2 Å². The number of phenolic OH excluding ortho intramolecular Hbond substituents is 1. The Morgan fingerprint density at radius 3 is 2.50 bits per heavy atom. The van der Waals surface area contributed by atoms with E-state index in [1.807, 2.05) is 6.92 Å². The minimum atomic E-state index is -0.413. The van der Waals surface area contributed by atoms with Crippen molar-refractivity contribution in [2.45, 2.75) is 33.7 Å². The molecule has 3 heteroatoms. The van der Waals surface area contributed by atoms with Crippen molar-refractivity contribution >= 4 is 0 Å². The maximum Gasteiger partial charge on any atom is 0.126 e. The summed E-state index contributed by atoms with van der Waals surface area (Å²) in [6.07, 6.45) is 0. The van der Waals surface area contributed by atoms with Crippen molar-refractivity contribution < 1.29 is 9.50 Å². The third-order valence-electron chi connectivity index (χ3n) is 2.40. The standard InChI is InChI=1S/C13H20FNO/c1-9(15-8-13(2,3)4)11-6-5-10(14)7-12(11)16/h5-7,9,15-16H,8H2,1-4H3. The van der Waals surface area contributed by atoms with E-state index in [0.717, 1.165) is 18.2 Å². The van der Waals surface area contributed by atoms with E-state index < -0.39 is 5.82 Å². The fraction of sp³-hybridized carbons (Fsp3) is 0.538. The van der Waals surface area contributed by atoms with E-state index in [4.69, 9.17) is 0 Å². The van der Waals surface area contributed by atoms with Gasteiger partial charge in [0.2, 0.25) is 0 Å². The van der Waals surface area contributed by atoms with Crippen molar-refractivity contribution in [2.75, 3.05) is 6.54 Å². The average molecular weight is 225 g/mol. The topological polar surface area (TPSA) is 32.3 Å². The van der Waals surface area contributed by atoms with Crippen LogP contribution in [0.4, 0.5) is 4.39 Å². The van der Waals surface area contributed by atoms with Crippen LogP contribution in [0.5, 0.6) is 5.75 Å². The van der Waals surface area contributed by atoms with E-state index in [0.29, 0.717) is 0 Å². The number of halogens is 1. The molecule has 0 radical (unpaired) electrons. The Morgan fingerprint density at radius 2 is 2.00 bits per heavy atom. The largest absolute Gasteiger partial charge is 0.508 e. The van der Waals surface area contributed by atoms with Gasteiger partial charge >= 0.3 is 0 Å². The Kier molecular flexibility index (Phi) is 3.92. The Balaban J connectivity index is 2.70. The molecule has 0 spiro atoms. The SMILES string of the molecule is CC(NCC(C)(C)C)c1ccc(F)cc1O. The monoisotopic (exact) mass is 225 g/mol. The molecule has 2 N–H and O–H groups in total. The molecule has 1 aromatic rings. The maximum absolute atomic E-state index is 12.8. The molecule has 0 heterocycles. The summed E-state index contributed by atoms with van der Waals surface area (Å²) in [6, 6.07) is 4.14. The highest BCUT2D eigenvalue weighted by Gasteiger charge is 2.15. The summed E-state index contributed by atoms with van der Waals surface area (Å²) in [4.78, 5) is 0. The molecule has 1 rings (SSSR count). The summed E-state index contributed by atoms with van der Waals surface area (Å²) in [5, 5.41) is 12.9. The molecule has 0 aliphatic rings. The molecular weight excluding hydrogens is 205 g/mol. The van der Waals surface area contributed by atoms with Crippen LogP contribution in [-0.2, 0) is 0 Å². The van der Waals surface area contributed by atoms with E-state index in [-0.39, 0.29) is 17.2 Å². The number of hydrogen-bond acceptors (Lipinski definition) is 2. The summed E-state index contributed by atoms with van der Waals surface area (Å²) in [5.74, 6) is -0.404. The number of phenols is 1. The number of aromatic hydroxyl groups is 1. The molecule has 1 atom stereocenters. The fourth-order valence-corrected chi connectivity index (χ4v) is 1.45. The molecule has 0 aliphatic carbocycles. The summed E-state index contributed by atoms with van der Waals surface area (Å²) in [6.45, 7) is 9.20. The van der Waals surface area contributed by atoms with Gasteiger partial charge in [-0.05, 0) is 18.4 Å². The lowest BCUT2D eigenvalue weighted by atomic mass is 9.96. The van der Waals surface area contributed by atoms with E-state index in [9.17, 15) is 9.50 Å². The van der Waals surface area contributed by atoms with Gasteiger partial charge in [-0.2, -0.15) is 0 Å². The molecule has 0 bridgehead atoms. The lowest BCUT2D eigenvalue weighted by Crippen LogP contribution is -2.29. The Hall–Kier alpha value is -1.09. The first-order valence-corrected chi connectivity index (χ1v) is 5.51. The number of nitrogens with one attached hydrogen (secondary N) is 1. The second-order valence-corrected chi connectivity index (χ2v) is 5.37. The smallest absolute Gasteiger partial charge is 0.126 e. The molecule has 16 heavy (non-hydrogen) atoms. The molecule has 1 unspecified atom stereocenters. The maximum atomic E-state index is 12.8. The zero-order valence-corrected chi connectivity index (χ0v) is 10.3. The zero-order chi connectivity index (χ0) is 12.3. The van der Waals surface area contributed by atoms with Gasteiger partial charge in [-0.3, -0.25) is 0 Å². The first kappa shape index (κ1) is 13.0. The molecular formula is C13H20FNO. The van der Waals surface area contributed by atoms with Gasteiger partial charge in [0.15, 0.2) is 0 Å². The third kappa shape index (κ3) is 3.81. The molecule has 90 valence electrons. The van der Waals surface area contributed by atoms with Crippen molar-refractivity contribution in [1.29, 1.82) is 0 Å². The Labute approximate surface area is 96.5 Å². The highest BCUT2D eigenvalue weighted by molar-refractivity contribution is 5.34. The van der Waals surface area contributed by atoms with Crippen molar-refractivity contribution in [3.8, 4) is 5.75 Å². The predicted molar refractivity (Wildman–Crippen MR) is 63.9 cm³/mol. The predicted octanol–water partition coefficient (Wildman–Crippen LogP) is 3.23. The van der Waals surface area contributed by atoms with Crippen LogP contribution in [0.2, 0.25) is 0 Å². The fourth-order valence-electron chi connectivity index (χ4n) is 1.45. The van der Waals surface area contributed by atoms with E-state index in [2.05, 4.69) is 26.1 Å². The lowest BCUT2D eigenvalue weighted by Gasteiger charge is -2.23. The molecule has 2 nitrogen and oxygen atoms in total. The Morgan fingerprint density at radius 1 is 1.38 bits per heavy atom. The normalized spacial score (nSPS) is 13.8. The summed E-state index contributed by atoms with van der Waals surface area (Å²) in [5.41, 5.74) is 0.912. The van der Waals surface area contributed by atoms with Crippen molar-refractivity contribution in [1.82, 2.24) is 5.32 Å². The van der Waals surface area contributed by atoms with E-state index >= 15 is 0 Å². The first-order chi connectivity index (χ1) is 7.29. The van der Waals surface area contributed by atoms with Crippen LogP contribution in [0, 0.1) is 11.2 Å². The molecule has 1 aromatic carbocycles. The van der Waals surface area contributed by atoms with Gasteiger partial charge in [-0.15, -0.1) is 0 Å². The van der Waals surface area contributed by atoms with Crippen molar-refractivity contribution in [3.63, 3.8) is 0 Å². The van der Waals surface area contributed by atoms with Crippen LogP contribution < -0.4 is 5.32 Å². The number of hydrogen-bond donors (Lipinski definition) is 2. The molecule has 0 amide bonds. The minimum Gasteiger partial charge on any atom is -0.508 e. The summed E-state index contributed by atoms with van der Waals surface area (Å²) < 4.78 is 12.8. The van der Waals surface area contributed by atoms with Crippen LogP contribution in [0.25, 0.3) is 0 Å². The lowest BCUT2D eigenvalue weighted by molar-refractivity contribution is 0.354. The second kappa shape index (κ2) is 4.83. The Bertz CT molecular complexity index is 357. The molecule has 0 saturated heterocycles. The zero-order valence-electron chi connectivity index (χ0n) is 10.3. The van der Waals surface area contributed by atoms with Gasteiger partial charge < -0.3 is 10.4 Å². The van der Waals surface area contributed by atoms with Crippen LogP contribution in [0.1, 0.15) is 39.3 Å². The molecule has 0 aromatic heterocycles. The summed E-state index contributed by atoms with van der Waals surface area (Å²) >= 11 is 0. The quantitative estimate of drug-likeness (QED) is 0.827. The molecule has 0 saturated carbocycles. The minimum absolute atomic E-state index is 0.00825. The summed E-state index contributed by atoms with van der Waals surface area (Å²) in [7, 11) is 0. The number of rotatable bonds is 3. The van der Waals surface area contributed by atoms with Crippen LogP contribution in [-0.4, -0.2) is 11.7 Å². The first-order valence-electron chi connectivity index (χ1n) is 5.51. The second-order valence-electron chi connectivity index (χ2n) is 5.37. The van der Waals surface area contributed by atoms with Gasteiger partial charge in [-0.1, -0.05) is 26.8 Å². The van der Waals surface area contributed by atoms with Crippen LogP contribution in [0.3, 0.4) is 0 Å². The molecule has 0 aliphatic heterocycles. The highest BCUT2D eigenvalue weighted by Crippen LogP contribution is 2.25. The molecule has 0 fully saturated rings.